The molecule has 1 N–H and O–H groups in total. The van der Waals surface area contributed by atoms with Crippen LogP contribution in [0.3, 0.4) is 0 Å². The zero-order valence-corrected chi connectivity index (χ0v) is 18.7. The Hall–Kier alpha value is -2.65. The summed E-state index contributed by atoms with van der Waals surface area (Å²) < 4.78 is 32.0. The lowest BCUT2D eigenvalue weighted by atomic mass is 10.1. The van der Waals surface area contributed by atoms with Gasteiger partial charge in [0.25, 0.3) is 5.91 Å². The van der Waals surface area contributed by atoms with Gasteiger partial charge in [-0.05, 0) is 36.6 Å². The first kappa shape index (κ1) is 22.0. The van der Waals surface area contributed by atoms with Gasteiger partial charge >= 0.3 is 0 Å². The molecule has 0 aliphatic heterocycles. The number of carbonyl (C=O) groups is 1. The third-order valence-electron chi connectivity index (χ3n) is 4.22. The van der Waals surface area contributed by atoms with E-state index in [0.29, 0.717) is 35.5 Å². The molecule has 0 spiro atoms. The number of hydrogen-bond donors (Lipinski definition) is 1. The standard InChI is InChI=1S/C20H23ClN4O4S/c1-5-17-15-8-13(19(26)24-30(4,27)28)6-7-18(15)25(23-17)14-9-16(21)20(22-10-14)29-11-12(2)3/h6-10,12H,5,11H2,1-4H3,(H,24,26). The molecule has 0 aliphatic carbocycles. The van der Waals surface area contributed by atoms with Gasteiger partial charge in [0.1, 0.15) is 5.02 Å². The molecule has 0 fully saturated rings. The summed E-state index contributed by atoms with van der Waals surface area (Å²) in [4.78, 5) is 16.5. The van der Waals surface area contributed by atoms with Crippen LogP contribution in [0.25, 0.3) is 16.6 Å². The lowest BCUT2D eigenvalue weighted by molar-refractivity contribution is 0.0982. The van der Waals surface area contributed by atoms with Crippen LogP contribution in [0.2, 0.25) is 5.02 Å². The van der Waals surface area contributed by atoms with Gasteiger partial charge in [-0.3, -0.25) is 4.79 Å². The van der Waals surface area contributed by atoms with Crippen molar-refractivity contribution in [2.45, 2.75) is 27.2 Å². The van der Waals surface area contributed by atoms with Crippen molar-refractivity contribution >= 4 is 38.4 Å². The molecule has 0 saturated carbocycles. The first-order chi connectivity index (χ1) is 14.1. The molecule has 0 unspecified atom stereocenters. The predicted molar refractivity (Wildman–Crippen MR) is 116 cm³/mol. The van der Waals surface area contributed by atoms with Crippen LogP contribution in [0, 0.1) is 5.92 Å². The van der Waals surface area contributed by atoms with Crippen LogP contribution in [0.5, 0.6) is 5.88 Å². The fourth-order valence-electron chi connectivity index (χ4n) is 2.89. The number of halogens is 1. The number of sulfonamides is 1. The number of pyridine rings is 1. The number of ether oxygens (including phenoxy) is 1. The molecule has 0 atom stereocenters. The minimum absolute atomic E-state index is 0.232. The second-order valence-electron chi connectivity index (χ2n) is 7.33. The molecule has 0 radical (unpaired) electrons. The summed E-state index contributed by atoms with van der Waals surface area (Å²) in [7, 11) is -3.65. The normalized spacial score (nSPS) is 11.8. The molecule has 8 nitrogen and oxygen atoms in total. The molecule has 0 saturated heterocycles. The molecule has 3 aromatic rings. The van der Waals surface area contributed by atoms with Crippen molar-refractivity contribution in [3.63, 3.8) is 0 Å². The largest absolute Gasteiger partial charge is 0.476 e. The van der Waals surface area contributed by atoms with Gasteiger partial charge in [-0.2, -0.15) is 5.10 Å². The van der Waals surface area contributed by atoms with Crippen LogP contribution in [0.15, 0.2) is 30.5 Å². The SMILES string of the molecule is CCc1nn(-c2cnc(OCC(C)C)c(Cl)c2)c2ccc(C(=O)NS(C)(=O)=O)cc12. The number of fused-ring (bicyclic) bond motifs is 1. The Balaban J connectivity index is 2.01. The summed E-state index contributed by atoms with van der Waals surface area (Å²) in [6, 6.07) is 6.62. The van der Waals surface area contributed by atoms with Gasteiger partial charge in [0.2, 0.25) is 15.9 Å². The molecule has 0 bridgehead atoms. The van der Waals surface area contributed by atoms with Gasteiger partial charge in [-0.25, -0.2) is 22.8 Å². The summed E-state index contributed by atoms with van der Waals surface area (Å²) in [5, 5.41) is 5.74. The van der Waals surface area contributed by atoms with Crippen molar-refractivity contribution in [2.24, 2.45) is 5.92 Å². The molecule has 160 valence electrons. The van der Waals surface area contributed by atoms with E-state index in [1.54, 1.807) is 35.1 Å². The van der Waals surface area contributed by atoms with Crippen LogP contribution in [-0.4, -0.2) is 42.0 Å². The second kappa shape index (κ2) is 8.61. The number of benzene rings is 1. The summed E-state index contributed by atoms with van der Waals surface area (Å²) in [5.74, 6) is 0.0189. The van der Waals surface area contributed by atoms with E-state index in [9.17, 15) is 13.2 Å². The number of hydrogen-bond acceptors (Lipinski definition) is 6. The molecule has 2 aromatic heterocycles. The van der Waals surface area contributed by atoms with Gasteiger partial charge in [-0.1, -0.05) is 32.4 Å². The molecule has 2 heterocycles. The summed E-state index contributed by atoms with van der Waals surface area (Å²) >= 11 is 6.34. The Morgan fingerprint density at radius 1 is 1.30 bits per heavy atom. The highest BCUT2D eigenvalue weighted by atomic mass is 35.5. The van der Waals surface area contributed by atoms with Crippen molar-refractivity contribution in [3.8, 4) is 11.6 Å². The highest BCUT2D eigenvalue weighted by molar-refractivity contribution is 7.89. The number of nitrogens with zero attached hydrogens (tertiary/aromatic N) is 3. The maximum atomic E-state index is 12.2. The number of nitrogens with one attached hydrogen (secondary N) is 1. The minimum atomic E-state index is -3.65. The van der Waals surface area contributed by atoms with E-state index < -0.39 is 15.9 Å². The summed E-state index contributed by atoms with van der Waals surface area (Å²) in [6.45, 7) is 6.53. The first-order valence-corrected chi connectivity index (χ1v) is 11.7. The molecular weight excluding hydrogens is 428 g/mol. The van der Waals surface area contributed by atoms with E-state index in [-0.39, 0.29) is 5.56 Å². The van der Waals surface area contributed by atoms with E-state index in [2.05, 4.69) is 10.1 Å². The van der Waals surface area contributed by atoms with Crippen molar-refractivity contribution in [2.75, 3.05) is 12.9 Å². The number of amides is 1. The van der Waals surface area contributed by atoms with Crippen LogP contribution in [0.4, 0.5) is 0 Å². The quantitative estimate of drug-likeness (QED) is 0.592. The van der Waals surface area contributed by atoms with Gasteiger partial charge in [-0.15, -0.1) is 0 Å². The molecule has 1 aromatic carbocycles. The van der Waals surface area contributed by atoms with Gasteiger partial charge in [0.05, 0.1) is 36.0 Å². The predicted octanol–water partition coefficient (Wildman–Crippen LogP) is 3.36. The Labute approximate surface area is 180 Å². The van der Waals surface area contributed by atoms with Gasteiger partial charge in [0.15, 0.2) is 0 Å². The van der Waals surface area contributed by atoms with E-state index in [4.69, 9.17) is 16.3 Å². The Morgan fingerprint density at radius 3 is 2.63 bits per heavy atom. The Morgan fingerprint density at radius 2 is 2.03 bits per heavy atom. The van der Waals surface area contributed by atoms with Crippen molar-refractivity contribution in [1.82, 2.24) is 19.5 Å². The van der Waals surface area contributed by atoms with Crippen LogP contribution in [-0.2, 0) is 16.4 Å². The Bertz CT molecular complexity index is 1200. The lowest BCUT2D eigenvalue weighted by Crippen LogP contribution is -2.29. The minimum Gasteiger partial charge on any atom is -0.476 e. The number of carbonyl (C=O) groups excluding carboxylic acids is 1. The van der Waals surface area contributed by atoms with Crippen LogP contribution in [0.1, 0.15) is 36.8 Å². The maximum absolute atomic E-state index is 12.2. The fourth-order valence-corrected chi connectivity index (χ4v) is 3.56. The van der Waals surface area contributed by atoms with E-state index >= 15 is 0 Å². The zero-order chi connectivity index (χ0) is 22.1. The molecule has 0 aliphatic rings. The summed E-state index contributed by atoms with van der Waals surface area (Å²) in [5.41, 5.74) is 2.39. The number of rotatable bonds is 7. The summed E-state index contributed by atoms with van der Waals surface area (Å²) in [6.07, 6.45) is 3.18. The molecule has 30 heavy (non-hydrogen) atoms. The van der Waals surface area contributed by atoms with Crippen LogP contribution >= 0.6 is 11.6 Å². The number of aryl methyl sites for hydroxylation is 1. The average molecular weight is 451 g/mol. The van der Waals surface area contributed by atoms with E-state index in [1.165, 1.54) is 0 Å². The molecule has 10 heteroatoms. The van der Waals surface area contributed by atoms with Crippen LogP contribution < -0.4 is 9.46 Å². The van der Waals surface area contributed by atoms with Crippen molar-refractivity contribution < 1.29 is 17.9 Å². The van der Waals surface area contributed by atoms with Crippen molar-refractivity contribution in [3.05, 3.63) is 46.7 Å². The van der Waals surface area contributed by atoms with E-state index in [0.717, 1.165) is 22.9 Å². The smallest absolute Gasteiger partial charge is 0.264 e. The number of aromatic nitrogens is 3. The monoisotopic (exact) mass is 450 g/mol. The Kier molecular flexibility index (Phi) is 6.33. The van der Waals surface area contributed by atoms with Gasteiger partial charge < -0.3 is 4.74 Å². The second-order valence-corrected chi connectivity index (χ2v) is 9.49. The van der Waals surface area contributed by atoms with Gasteiger partial charge in [0, 0.05) is 10.9 Å². The van der Waals surface area contributed by atoms with Crippen molar-refractivity contribution in [1.29, 1.82) is 0 Å². The highest BCUT2D eigenvalue weighted by Gasteiger charge is 2.17. The topological polar surface area (TPSA) is 103 Å². The molecule has 1 amide bonds. The highest BCUT2D eigenvalue weighted by Crippen LogP contribution is 2.28. The van der Waals surface area contributed by atoms with E-state index in [1.807, 2.05) is 25.5 Å². The maximum Gasteiger partial charge on any atom is 0.264 e. The third-order valence-corrected chi connectivity index (χ3v) is 5.05. The lowest BCUT2D eigenvalue weighted by Gasteiger charge is -2.10. The fraction of sp³-hybridized carbons (Fsp3) is 0.350. The first-order valence-electron chi connectivity index (χ1n) is 9.41. The third kappa shape index (κ3) is 4.91. The average Bonchev–Trinajstić information content (AvgIpc) is 3.03. The zero-order valence-electron chi connectivity index (χ0n) is 17.1. The molecule has 3 rings (SSSR count). The molecular formula is C20H23ClN4O4S.